The van der Waals surface area contributed by atoms with Gasteiger partial charge in [0.05, 0.1) is 6.54 Å². The number of rotatable bonds is 4. The Balaban J connectivity index is 1.82. The third kappa shape index (κ3) is 3.63. The van der Waals surface area contributed by atoms with E-state index in [-0.39, 0.29) is 24.2 Å². The third-order valence-electron chi connectivity index (χ3n) is 3.23. The number of furan rings is 1. The molecule has 0 aliphatic heterocycles. The van der Waals surface area contributed by atoms with Gasteiger partial charge in [0.15, 0.2) is 0 Å². The van der Waals surface area contributed by atoms with Crippen LogP contribution in [-0.4, -0.2) is 23.1 Å². The molecule has 1 heterocycles. The number of amides is 2. The fourth-order valence-electron chi connectivity index (χ4n) is 2.17. The van der Waals surface area contributed by atoms with Crippen LogP contribution in [0, 0.1) is 6.92 Å². The van der Waals surface area contributed by atoms with Gasteiger partial charge in [-0.25, -0.2) is 9.59 Å². The summed E-state index contributed by atoms with van der Waals surface area (Å²) in [7, 11) is 0. The molecule has 0 radical (unpaired) electrons. The lowest BCUT2D eigenvalue weighted by molar-refractivity contribution is 0.0695. The molecule has 2 rings (SSSR count). The minimum atomic E-state index is -1.03. The van der Waals surface area contributed by atoms with Crippen molar-refractivity contribution in [3.05, 3.63) is 35.3 Å². The molecule has 1 aliphatic carbocycles. The van der Waals surface area contributed by atoms with Crippen LogP contribution in [0.25, 0.3) is 0 Å². The number of carboxylic acids is 1. The minimum absolute atomic E-state index is 0.125. The quantitative estimate of drug-likeness (QED) is 0.736. The summed E-state index contributed by atoms with van der Waals surface area (Å²) in [5.74, 6) is -0.262. The predicted molar refractivity (Wildman–Crippen MR) is 72.6 cm³/mol. The lowest BCUT2D eigenvalue weighted by Gasteiger charge is -2.19. The Morgan fingerprint density at radius 3 is 2.85 bits per heavy atom. The lowest BCUT2D eigenvalue weighted by Crippen LogP contribution is -2.42. The van der Waals surface area contributed by atoms with E-state index in [2.05, 4.69) is 22.8 Å². The van der Waals surface area contributed by atoms with Crippen LogP contribution in [0.3, 0.4) is 0 Å². The molecular weight excluding hydrogens is 260 g/mol. The maximum Gasteiger partial charge on any atom is 0.339 e. The predicted octanol–water partition coefficient (Wildman–Crippen LogP) is 2.19. The molecule has 108 valence electrons. The number of nitrogens with one attached hydrogen (secondary N) is 2. The number of hydrogen-bond acceptors (Lipinski definition) is 3. The average molecular weight is 278 g/mol. The molecule has 0 saturated heterocycles. The molecule has 2 amide bonds. The number of carbonyl (C=O) groups is 2. The smallest absolute Gasteiger partial charge is 0.339 e. The second-order valence-corrected chi connectivity index (χ2v) is 4.80. The van der Waals surface area contributed by atoms with Gasteiger partial charge in [-0.3, -0.25) is 0 Å². The van der Waals surface area contributed by atoms with Crippen molar-refractivity contribution in [1.29, 1.82) is 0 Å². The first-order valence-corrected chi connectivity index (χ1v) is 6.58. The summed E-state index contributed by atoms with van der Waals surface area (Å²) in [5, 5.41) is 14.4. The first-order valence-electron chi connectivity index (χ1n) is 6.58. The molecule has 0 spiro atoms. The molecule has 6 heteroatoms. The van der Waals surface area contributed by atoms with Gasteiger partial charge >= 0.3 is 12.0 Å². The van der Waals surface area contributed by atoms with Gasteiger partial charge in [0.1, 0.15) is 17.1 Å². The highest BCUT2D eigenvalue weighted by Gasteiger charge is 2.15. The van der Waals surface area contributed by atoms with Gasteiger partial charge in [-0.2, -0.15) is 0 Å². The van der Waals surface area contributed by atoms with E-state index in [0.29, 0.717) is 11.5 Å². The summed E-state index contributed by atoms with van der Waals surface area (Å²) in [6.45, 7) is 1.75. The van der Waals surface area contributed by atoms with Gasteiger partial charge in [-0.1, -0.05) is 12.2 Å². The van der Waals surface area contributed by atoms with Crippen LogP contribution in [0.1, 0.15) is 41.1 Å². The van der Waals surface area contributed by atoms with Gasteiger partial charge in [-0.15, -0.1) is 0 Å². The fourth-order valence-corrected chi connectivity index (χ4v) is 2.17. The van der Waals surface area contributed by atoms with Crippen molar-refractivity contribution in [3.8, 4) is 0 Å². The van der Waals surface area contributed by atoms with Crippen LogP contribution >= 0.6 is 0 Å². The van der Waals surface area contributed by atoms with Crippen molar-refractivity contribution >= 4 is 12.0 Å². The summed E-state index contributed by atoms with van der Waals surface area (Å²) >= 11 is 0. The molecule has 1 aromatic rings. The number of carbonyl (C=O) groups excluding carboxylic acids is 1. The highest BCUT2D eigenvalue weighted by molar-refractivity contribution is 5.88. The number of allylic oxidation sites excluding steroid dienone is 1. The molecule has 1 aromatic heterocycles. The van der Waals surface area contributed by atoms with E-state index in [1.54, 1.807) is 6.92 Å². The van der Waals surface area contributed by atoms with Crippen LogP contribution in [0.5, 0.6) is 0 Å². The number of aryl methyl sites for hydroxylation is 1. The average Bonchev–Trinajstić information content (AvgIpc) is 2.79. The number of hydrogen-bond donors (Lipinski definition) is 3. The first kappa shape index (κ1) is 14.2. The topological polar surface area (TPSA) is 91.6 Å². The Bertz CT molecular complexity index is 533. The molecular formula is C14H18N2O4. The van der Waals surface area contributed by atoms with E-state index >= 15 is 0 Å². The fraction of sp³-hybridized carbons (Fsp3) is 0.429. The highest BCUT2D eigenvalue weighted by atomic mass is 16.4. The molecule has 6 nitrogen and oxygen atoms in total. The van der Waals surface area contributed by atoms with Crippen molar-refractivity contribution < 1.29 is 19.1 Å². The summed E-state index contributed by atoms with van der Waals surface area (Å²) in [4.78, 5) is 22.6. The second kappa shape index (κ2) is 6.27. The SMILES string of the molecule is Cc1oc(CNC(=O)NC2CC=CCC2)cc1C(=O)O. The van der Waals surface area contributed by atoms with E-state index in [1.807, 2.05) is 0 Å². The van der Waals surface area contributed by atoms with E-state index in [0.717, 1.165) is 19.3 Å². The standard InChI is InChI=1S/C14H18N2O4/c1-9-12(13(17)18)7-11(20-9)8-15-14(19)16-10-5-3-2-4-6-10/h2-3,7,10H,4-6,8H2,1H3,(H,17,18)(H2,15,16,19). The Morgan fingerprint density at radius 2 is 2.25 bits per heavy atom. The number of aromatic carboxylic acids is 1. The lowest BCUT2D eigenvalue weighted by atomic mass is 10.0. The van der Waals surface area contributed by atoms with E-state index < -0.39 is 5.97 Å². The van der Waals surface area contributed by atoms with Crippen LogP contribution < -0.4 is 10.6 Å². The van der Waals surface area contributed by atoms with Crippen LogP contribution in [0.15, 0.2) is 22.6 Å². The molecule has 0 aromatic carbocycles. The summed E-state index contributed by atoms with van der Waals surface area (Å²) in [6.07, 6.45) is 6.92. The van der Waals surface area contributed by atoms with Crippen LogP contribution in [0.2, 0.25) is 0 Å². The van der Waals surface area contributed by atoms with Gasteiger partial charge in [-0.05, 0) is 32.3 Å². The highest BCUT2D eigenvalue weighted by Crippen LogP contribution is 2.14. The largest absolute Gasteiger partial charge is 0.478 e. The van der Waals surface area contributed by atoms with Crippen molar-refractivity contribution in [1.82, 2.24) is 10.6 Å². The van der Waals surface area contributed by atoms with Crippen molar-refractivity contribution in [2.75, 3.05) is 0 Å². The summed E-state index contributed by atoms with van der Waals surface area (Å²) < 4.78 is 5.28. The van der Waals surface area contributed by atoms with Crippen LogP contribution in [-0.2, 0) is 6.54 Å². The zero-order chi connectivity index (χ0) is 14.5. The van der Waals surface area contributed by atoms with E-state index in [1.165, 1.54) is 6.07 Å². The molecule has 1 aliphatic rings. The maximum absolute atomic E-state index is 11.7. The molecule has 0 fully saturated rings. The maximum atomic E-state index is 11.7. The van der Waals surface area contributed by atoms with Gasteiger partial charge in [0, 0.05) is 6.04 Å². The molecule has 0 bridgehead atoms. The van der Waals surface area contributed by atoms with Crippen LogP contribution in [0.4, 0.5) is 4.79 Å². The Morgan fingerprint density at radius 1 is 1.45 bits per heavy atom. The number of urea groups is 1. The molecule has 20 heavy (non-hydrogen) atoms. The molecule has 1 unspecified atom stereocenters. The van der Waals surface area contributed by atoms with Gasteiger partial charge in [0.2, 0.25) is 0 Å². The molecule has 3 N–H and O–H groups in total. The summed E-state index contributed by atoms with van der Waals surface area (Å²) in [5.41, 5.74) is 0.125. The third-order valence-corrected chi connectivity index (χ3v) is 3.23. The van der Waals surface area contributed by atoms with Crippen molar-refractivity contribution in [2.45, 2.75) is 38.8 Å². The van der Waals surface area contributed by atoms with Crippen molar-refractivity contribution in [2.24, 2.45) is 0 Å². The van der Waals surface area contributed by atoms with Gasteiger partial charge in [0.25, 0.3) is 0 Å². The van der Waals surface area contributed by atoms with Gasteiger partial charge < -0.3 is 20.2 Å². The zero-order valence-corrected chi connectivity index (χ0v) is 11.3. The Labute approximate surface area is 116 Å². The monoisotopic (exact) mass is 278 g/mol. The summed E-state index contributed by atoms with van der Waals surface area (Å²) in [6, 6.07) is 1.32. The second-order valence-electron chi connectivity index (χ2n) is 4.80. The minimum Gasteiger partial charge on any atom is -0.478 e. The Hall–Kier alpha value is -2.24. The first-order chi connectivity index (χ1) is 9.56. The van der Waals surface area contributed by atoms with E-state index in [9.17, 15) is 9.59 Å². The normalized spacial score (nSPS) is 17.8. The zero-order valence-electron chi connectivity index (χ0n) is 11.3. The van der Waals surface area contributed by atoms with E-state index in [4.69, 9.17) is 9.52 Å². The molecule has 1 atom stereocenters. The Kier molecular flexibility index (Phi) is 4.45. The van der Waals surface area contributed by atoms with Crippen molar-refractivity contribution in [3.63, 3.8) is 0 Å². The number of carboxylic acid groups (broad SMARTS) is 1. The molecule has 0 saturated carbocycles.